The molecular weight excluding hydrogens is 294 g/mol. The zero-order valence-corrected chi connectivity index (χ0v) is 11.2. The second-order valence-electron chi connectivity index (χ2n) is 4.01. The van der Waals surface area contributed by atoms with E-state index in [0.717, 1.165) is 27.3 Å². The van der Waals surface area contributed by atoms with Crippen molar-refractivity contribution in [3.05, 3.63) is 52.7 Å². The number of furan rings is 1. The maximum atomic E-state index is 5.40. The van der Waals surface area contributed by atoms with Crippen molar-refractivity contribution in [3.63, 3.8) is 0 Å². The van der Waals surface area contributed by atoms with Gasteiger partial charge in [0, 0.05) is 0 Å². The predicted octanol–water partition coefficient (Wildman–Crippen LogP) is 3.21. The molecule has 5 heteroatoms. The molecule has 0 saturated carbocycles. The molecule has 2 heterocycles. The van der Waals surface area contributed by atoms with Crippen LogP contribution in [0.25, 0.3) is 11.0 Å². The SMILES string of the molecule is Brc1ccc(CNCc2nc3ccccc3[nH]2)o1. The number of nitrogens with zero attached hydrogens (tertiary/aromatic N) is 1. The van der Waals surface area contributed by atoms with Crippen LogP contribution in [-0.2, 0) is 13.1 Å². The molecule has 0 fully saturated rings. The molecule has 0 atom stereocenters. The first-order valence-corrected chi connectivity index (χ1v) is 6.49. The van der Waals surface area contributed by atoms with Crippen molar-refractivity contribution in [2.24, 2.45) is 0 Å². The highest BCUT2D eigenvalue weighted by Gasteiger charge is 2.02. The molecule has 92 valence electrons. The highest BCUT2D eigenvalue weighted by Crippen LogP contribution is 2.14. The van der Waals surface area contributed by atoms with E-state index in [1.807, 2.05) is 36.4 Å². The largest absolute Gasteiger partial charge is 0.453 e. The number of rotatable bonds is 4. The topological polar surface area (TPSA) is 53.9 Å². The Morgan fingerprint density at radius 3 is 2.83 bits per heavy atom. The second-order valence-corrected chi connectivity index (χ2v) is 4.79. The van der Waals surface area contributed by atoms with Gasteiger partial charge in [0.25, 0.3) is 0 Å². The molecular formula is C13H12BrN3O. The van der Waals surface area contributed by atoms with Gasteiger partial charge in [0.1, 0.15) is 11.6 Å². The first-order chi connectivity index (χ1) is 8.81. The van der Waals surface area contributed by atoms with Crippen molar-refractivity contribution < 1.29 is 4.42 Å². The van der Waals surface area contributed by atoms with Crippen molar-refractivity contribution in [1.29, 1.82) is 0 Å². The summed E-state index contributed by atoms with van der Waals surface area (Å²) < 4.78 is 6.16. The number of halogens is 1. The Kier molecular flexibility index (Phi) is 3.17. The summed E-state index contributed by atoms with van der Waals surface area (Å²) in [6.07, 6.45) is 0. The Morgan fingerprint density at radius 1 is 1.17 bits per heavy atom. The summed E-state index contributed by atoms with van der Waals surface area (Å²) in [5.41, 5.74) is 2.06. The van der Waals surface area contributed by atoms with Gasteiger partial charge in [0.15, 0.2) is 4.67 Å². The fourth-order valence-corrected chi connectivity index (χ4v) is 2.18. The molecule has 2 aromatic heterocycles. The van der Waals surface area contributed by atoms with Gasteiger partial charge in [-0.2, -0.15) is 0 Å². The number of aromatic amines is 1. The molecule has 0 aliphatic rings. The van der Waals surface area contributed by atoms with Crippen LogP contribution in [0.15, 0.2) is 45.5 Å². The van der Waals surface area contributed by atoms with Crippen molar-refractivity contribution >= 4 is 27.0 Å². The van der Waals surface area contributed by atoms with Crippen LogP contribution in [0.5, 0.6) is 0 Å². The van der Waals surface area contributed by atoms with E-state index in [1.54, 1.807) is 0 Å². The Balaban J connectivity index is 1.62. The number of hydrogen-bond acceptors (Lipinski definition) is 3. The molecule has 0 aliphatic heterocycles. The summed E-state index contributed by atoms with van der Waals surface area (Å²) in [5, 5.41) is 3.28. The molecule has 0 saturated heterocycles. The maximum Gasteiger partial charge on any atom is 0.169 e. The third kappa shape index (κ3) is 2.47. The number of imidazole rings is 1. The fraction of sp³-hybridized carbons (Fsp3) is 0.154. The van der Waals surface area contributed by atoms with Crippen molar-refractivity contribution in [2.75, 3.05) is 0 Å². The molecule has 0 aliphatic carbocycles. The fourth-order valence-electron chi connectivity index (χ4n) is 1.84. The third-order valence-electron chi connectivity index (χ3n) is 2.66. The molecule has 18 heavy (non-hydrogen) atoms. The van der Waals surface area contributed by atoms with E-state index < -0.39 is 0 Å². The van der Waals surface area contributed by atoms with Crippen LogP contribution in [0.4, 0.5) is 0 Å². The predicted molar refractivity (Wildman–Crippen MR) is 73.0 cm³/mol. The molecule has 0 spiro atoms. The summed E-state index contributed by atoms with van der Waals surface area (Å²) in [7, 11) is 0. The van der Waals surface area contributed by atoms with E-state index >= 15 is 0 Å². The molecule has 0 amide bonds. The quantitative estimate of drug-likeness (QED) is 0.778. The van der Waals surface area contributed by atoms with Crippen molar-refractivity contribution in [1.82, 2.24) is 15.3 Å². The number of para-hydroxylation sites is 2. The molecule has 0 bridgehead atoms. The van der Waals surface area contributed by atoms with Gasteiger partial charge in [-0.25, -0.2) is 4.98 Å². The molecule has 0 radical (unpaired) electrons. The highest BCUT2D eigenvalue weighted by atomic mass is 79.9. The van der Waals surface area contributed by atoms with Crippen LogP contribution in [0.2, 0.25) is 0 Å². The molecule has 4 nitrogen and oxygen atoms in total. The summed E-state index contributed by atoms with van der Waals surface area (Å²) in [6, 6.07) is 11.8. The Bertz CT molecular complexity index is 626. The van der Waals surface area contributed by atoms with Gasteiger partial charge in [-0.15, -0.1) is 0 Å². The lowest BCUT2D eigenvalue weighted by atomic mass is 10.3. The Labute approximate surface area is 113 Å². The van der Waals surface area contributed by atoms with Crippen LogP contribution in [0, 0.1) is 0 Å². The van der Waals surface area contributed by atoms with E-state index in [-0.39, 0.29) is 0 Å². The van der Waals surface area contributed by atoms with E-state index in [9.17, 15) is 0 Å². The smallest absolute Gasteiger partial charge is 0.169 e. The lowest BCUT2D eigenvalue weighted by Gasteiger charge is -1.98. The maximum absolute atomic E-state index is 5.40. The number of benzene rings is 1. The van der Waals surface area contributed by atoms with Crippen LogP contribution in [0.1, 0.15) is 11.6 Å². The number of hydrogen-bond donors (Lipinski definition) is 2. The molecule has 3 aromatic rings. The van der Waals surface area contributed by atoms with Gasteiger partial charge < -0.3 is 14.7 Å². The summed E-state index contributed by atoms with van der Waals surface area (Å²) >= 11 is 3.28. The average molecular weight is 306 g/mol. The minimum absolute atomic E-state index is 0.683. The minimum Gasteiger partial charge on any atom is -0.453 e. The molecule has 1 aromatic carbocycles. The normalized spacial score (nSPS) is 11.2. The lowest BCUT2D eigenvalue weighted by molar-refractivity contribution is 0.463. The third-order valence-corrected chi connectivity index (χ3v) is 3.09. The van der Waals surface area contributed by atoms with Gasteiger partial charge in [-0.3, -0.25) is 0 Å². The Morgan fingerprint density at radius 2 is 2.06 bits per heavy atom. The number of fused-ring (bicyclic) bond motifs is 1. The molecule has 2 N–H and O–H groups in total. The van der Waals surface area contributed by atoms with Gasteiger partial charge in [0.05, 0.1) is 24.1 Å². The first kappa shape index (κ1) is 11.5. The summed E-state index contributed by atoms with van der Waals surface area (Å²) in [5.74, 6) is 1.83. The van der Waals surface area contributed by atoms with Crippen LogP contribution in [-0.4, -0.2) is 9.97 Å². The van der Waals surface area contributed by atoms with E-state index in [1.165, 1.54) is 0 Å². The summed E-state index contributed by atoms with van der Waals surface area (Å²) in [6.45, 7) is 1.37. The monoisotopic (exact) mass is 305 g/mol. The van der Waals surface area contributed by atoms with Gasteiger partial charge in [0.2, 0.25) is 0 Å². The first-order valence-electron chi connectivity index (χ1n) is 5.70. The Hall–Kier alpha value is -1.59. The summed E-state index contributed by atoms with van der Waals surface area (Å²) in [4.78, 5) is 7.76. The van der Waals surface area contributed by atoms with E-state index in [0.29, 0.717) is 13.1 Å². The van der Waals surface area contributed by atoms with Crippen molar-refractivity contribution in [2.45, 2.75) is 13.1 Å². The number of H-pyrrole nitrogens is 1. The van der Waals surface area contributed by atoms with Crippen LogP contribution >= 0.6 is 15.9 Å². The zero-order chi connectivity index (χ0) is 12.4. The van der Waals surface area contributed by atoms with Gasteiger partial charge in [-0.1, -0.05) is 12.1 Å². The zero-order valence-electron chi connectivity index (χ0n) is 9.61. The van der Waals surface area contributed by atoms with Gasteiger partial charge in [-0.05, 0) is 40.2 Å². The molecule has 0 unspecified atom stereocenters. The van der Waals surface area contributed by atoms with Crippen molar-refractivity contribution in [3.8, 4) is 0 Å². The van der Waals surface area contributed by atoms with Crippen LogP contribution in [0.3, 0.4) is 0 Å². The minimum atomic E-state index is 0.683. The van der Waals surface area contributed by atoms with Crippen LogP contribution < -0.4 is 5.32 Å². The van der Waals surface area contributed by atoms with Gasteiger partial charge >= 0.3 is 0 Å². The standard InChI is InChI=1S/C13H12BrN3O/c14-12-6-5-9(18-12)7-15-8-13-16-10-3-1-2-4-11(10)17-13/h1-6,15H,7-8H2,(H,16,17). The molecule has 3 rings (SSSR count). The average Bonchev–Trinajstić information content (AvgIpc) is 2.95. The van der Waals surface area contributed by atoms with E-state index in [2.05, 4.69) is 31.2 Å². The van der Waals surface area contributed by atoms with E-state index in [4.69, 9.17) is 4.42 Å². The lowest BCUT2D eigenvalue weighted by Crippen LogP contribution is -2.13. The second kappa shape index (κ2) is 4.96. The highest BCUT2D eigenvalue weighted by molar-refractivity contribution is 9.10. The number of aromatic nitrogens is 2. The number of nitrogens with one attached hydrogen (secondary N) is 2.